The van der Waals surface area contributed by atoms with Gasteiger partial charge >= 0.3 is 11.9 Å². The summed E-state index contributed by atoms with van der Waals surface area (Å²) >= 11 is 0. The van der Waals surface area contributed by atoms with Gasteiger partial charge in [-0.3, -0.25) is 9.59 Å². The number of allylic oxidation sites excluding steroid dienone is 18. The Morgan fingerprint density at radius 2 is 0.597 bits per heavy atom. The SMILES string of the molecule is CC/C=C\C/C=C\C/C=C\C/C=C\C/C=C\C/C=C\C/C=C\CCCCCCCCCCCC(=O)OC(CO)COC(=O)CCCCCCCCCCCCCCCCC/C=C\C/C=C\CCCCCCC. The molecule has 0 rings (SSSR count). The van der Waals surface area contributed by atoms with Crippen molar-refractivity contribution in [1.82, 2.24) is 0 Å². The Hall–Kier alpha value is -3.44. The number of hydrogen-bond donors (Lipinski definition) is 1. The number of aliphatic hydroxyl groups excluding tert-OH is 1. The van der Waals surface area contributed by atoms with Crippen LogP contribution in [0.3, 0.4) is 0 Å². The molecule has 0 heterocycles. The van der Waals surface area contributed by atoms with Gasteiger partial charge in [-0.25, -0.2) is 0 Å². The Bertz CT molecular complexity index is 1410. The number of unbranched alkanes of at least 4 members (excludes halogenated alkanes) is 29. The van der Waals surface area contributed by atoms with Crippen molar-refractivity contribution in [3.63, 3.8) is 0 Å². The quantitative estimate of drug-likeness (QED) is 0.0373. The zero-order valence-electron chi connectivity index (χ0n) is 47.2. The standard InChI is InChI=1S/C67H114O5/c1-3-5-7-9-11-13-15-17-19-21-23-25-27-29-31-32-33-34-36-38-40-42-44-46-48-50-52-54-56-58-60-62-67(70)72-65(63-68)64-71-66(69)61-59-57-55-53-51-49-47-45-43-41-39-37-35-30-28-26-24-22-20-18-16-14-12-10-8-6-4-2/h5,7,11,13,16-19,22-25,29,31,33-34,38,40,65,68H,3-4,6,8-10,12,14-15,20-21,26-28,30,32,35-37,39,41-64H2,1-2H3/b7-5-,13-11-,18-16-,19-17-,24-22-,25-23-,31-29-,34-33-,40-38-. The second-order valence-corrected chi connectivity index (χ2v) is 20.0. The van der Waals surface area contributed by atoms with E-state index in [1.807, 2.05) is 0 Å². The van der Waals surface area contributed by atoms with Crippen LogP contribution >= 0.6 is 0 Å². The van der Waals surface area contributed by atoms with E-state index in [2.05, 4.69) is 123 Å². The molecule has 1 atom stereocenters. The normalized spacial score (nSPS) is 13.0. The molecule has 0 fully saturated rings. The first-order chi connectivity index (χ1) is 35.6. The third-order valence-corrected chi connectivity index (χ3v) is 13.1. The van der Waals surface area contributed by atoms with Crippen molar-refractivity contribution in [2.75, 3.05) is 13.2 Å². The topological polar surface area (TPSA) is 72.8 Å². The van der Waals surface area contributed by atoms with Gasteiger partial charge in [0.05, 0.1) is 6.61 Å². The highest BCUT2D eigenvalue weighted by molar-refractivity contribution is 5.70. The molecule has 0 aromatic carbocycles. The van der Waals surface area contributed by atoms with Crippen LogP contribution in [0.2, 0.25) is 0 Å². The van der Waals surface area contributed by atoms with Crippen LogP contribution in [-0.2, 0) is 19.1 Å². The lowest BCUT2D eigenvalue weighted by Gasteiger charge is -2.15. The summed E-state index contributed by atoms with van der Waals surface area (Å²) < 4.78 is 10.7. The molecule has 0 aromatic rings. The zero-order valence-corrected chi connectivity index (χ0v) is 47.2. The number of carbonyl (C=O) groups is 2. The average molecular weight is 1000 g/mol. The Balaban J connectivity index is 3.53. The summed E-state index contributed by atoms with van der Waals surface area (Å²) in [5.41, 5.74) is 0. The van der Waals surface area contributed by atoms with Crippen LogP contribution in [0.4, 0.5) is 0 Å². The van der Waals surface area contributed by atoms with Crippen LogP contribution in [0, 0.1) is 0 Å². The molecule has 412 valence electrons. The predicted molar refractivity (Wildman–Crippen MR) is 315 cm³/mol. The van der Waals surface area contributed by atoms with E-state index in [0.29, 0.717) is 12.8 Å². The average Bonchev–Trinajstić information content (AvgIpc) is 3.38. The number of hydrogen-bond acceptors (Lipinski definition) is 5. The second kappa shape index (κ2) is 61.9. The maximum absolute atomic E-state index is 12.3. The first-order valence-corrected chi connectivity index (χ1v) is 30.4. The minimum Gasteiger partial charge on any atom is -0.462 e. The van der Waals surface area contributed by atoms with Crippen molar-refractivity contribution in [2.24, 2.45) is 0 Å². The fourth-order valence-electron chi connectivity index (χ4n) is 8.51. The summed E-state index contributed by atoms with van der Waals surface area (Å²) in [7, 11) is 0. The van der Waals surface area contributed by atoms with E-state index >= 15 is 0 Å². The summed E-state index contributed by atoms with van der Waals surface area (Å²) in [5, 5.41) is 9.67. The molecule has 0 radical (unpaired) electrons. The van der Waals surface area contributed by atoms with Crippen molar-refractivity contribution in [1.29, 1.82) is 0 Å². The molecule has 1 N–H and O–H groups in total. The molecular formula is C67H114O5. The van der Waals surface area contributed by atoms with E-state index in [4.69, 9.17) is 9.47 Å². The van der Waals surface area contributed by atoms with Crippen molar-refractivity contribution < 1.29 is 24.2 Å². The summed E-state index contributed by atoms with van der Waals surface area (Å²) in [6.45, 7) is 4.03. The van der Waals surface area contributed by atoms with E-state index in [1.54, 1.807) is 0 Å². The fraction of sp³-hybridized carbons (Fsp3) is 0.701. The van der Waals surface area contributed by atoms with Crippen LogP contribution < -0.4 is 0 Å². The highest BCUT2D eigenvalue weighted by Crippen LogP contribution is 2.16. The smallest absolute Gasteiger partial charge is 0.306 e. The Kier molecular flexibility index (Phi) is 58.9. The minimum atomic E-state index is -0.783. The molecule has 0 aliphatic heterocycles. The molecule has 72 heavy (non-hydrogen) atoms. The molecule has 5 heteroatoms. The Morgan fingerprint density at radius 1 is 0.333 bits per heavy atom. The molecule has 0 amide bonds. The van der Waals surface area contributed by atoms with Gasteiger partial charge < -0.3 is 14.6 Å². The highest BCUT2D eigenvalue weighted by Gasteiger charge is 2.16. The zero-order chi connectivity index (χ0) is 52.0. The van der Waals surface area contributed by atoms with Gasteiger partial charge in [-0.2, -0.15) is 0 Å². The van der Waals surface area contributed by atoms with E-state index in [9.17, 15) is 14.7 Å². The number of rotatable bonds is 55. The largest absolute Gasteiger partial charge is 0.462 e. The van der Waals surface area contributed by atoms with E-state index in [0.717, 1.165) is 96.3 Å². The minimum absolute atomic E-state index is 0.0721. The van der Waals surface area contributed by atoms with E-state index < -0.39 is 6.10 Å². The maximum Gasteiger partial charge on any atom is 0.306 e. The van der Waals surface area contributed by atoms with Gasteiger partial charge in [0.25, 0.3) is 0 Å². The van der Waals surface area contributed by atoms with Gasteiger partial charge in [-0.05, 0) is 103 Å². The number of ether oxygens (including phenoxy) is 2. The molecule has 0 saturated heterocycles. The molecule has 0 aromatic heterocycles. The molecule has 1 unspecified atom stereocenters. The summed E-state index contributed by atoms with van der Waals surface area (Å²) in [6, 6.07) is 0. The summed E-state index contributed by atoms with van der Waals surface area (Å²) in [5.74, 6) is -0.595. The van der Waals surface area contributed by atoms with E-state index in [-0.39, 0.29) is 25.2 Å². The summed E-state index contributed by atoms with van der Waals surface area (Å²) in [4.78, 5) is 24.6. The predicted octanol–water partition coefficient (Wildman–Crippen LogP) is 20.9. The first kappa shape index (κ1) is 68.6. The lowest BCUT2D eigenvalue weighted by atomic mass is 10.0. The second-order valence-electron chi connectivity index (χ2n) is 20.0. The van der Waals surface area contributed by atoms with Gasteiger partial charge in [-0.1, -0.05) is 277 Å². The van der Waals surface area contributed by atoms with Crippen LogP contribution in [0.25, 0.3) is 0 Å². The number of esters is 2. The van der Waals surface area contributed by atoms with Crippen LogP contribution in [0.5, 0.6) is 0 Å². The van der Waals surface area contributed by atoms with Gasteiger partial charge in [0.1, 0.15) is 6.61 Å². The van der Waals surface area contributed by atoms with Crippen molar-refractivity contribution in [3.8, 4) is 0 Å². The van der Waals surface area contributed by atoms with Gasteiger partial charge in [0, 0.05) is 12.8 Å². The van der Waals surface area contributed by atoms with Crippen LogP contribution in [0.15, 0.2) is 109 Å². The highest BCUT2D eigenvalue weighted by atomic mass is 16.6. The lowest BCUT2D eigenvalue weighted by Crippen LogP contribution is -2.28. The molecule has 0 saturated carbocycles. The van der Waals surface area contributed by atoms with Gasteiger partial charge in [0.15, 0.2) is 6.10 Å². The Morgan fingerprint density at radius 3 is 0.903 bits per heavy atom. The molecular weight excluding hydrogens is 885 g/mol. The number of aliphatic hydroxyl groups is 1. The monoisotopic (exact) mass is 999 g/mol. The van der Waals surface area contributed by atoms with Crippen LogP contribution in [-0.4, -0.2) is 36.4 Å². The Labute approximate surface area is 446 Å². The molecule has 0 aliphatic carbocycles. The molecule has 5 nitrogen and oxygen atoms in total. The van der Waals surface area contributed by atoms with Gasteiger partial charge in [0.2, 0.25) is 0 Å². The van der Waals surface area contributed by atoms with Crippen molar-refractivity contribution in [3.05, 3.63) is 109 Å². The first-order valence-electron chi connectivity index (χ1n) is 30.4. The van der Waals surface area contributed by atoms with Gasteiger partial charge in [-0.15, -0.1) is 0 Å². The number of carbonyl (C=O) groups excluding carboxylic acids is 2. The third kappa shape index (κ3) is 59.1. The molecule has 0 spiro atoms. The maximum atomic E-state index is 12.3. The van der Waals surface area contributed by atoms with Crippen molar-refractivity contribution >= 4 is 11.9 Å². The summed E-state index contributed by atoms with van der Waals surface area (Å²) in [6.07, 6.45) is 89.3. The lowest BCUT2D eigenvalue weighted by molar-refractivity contribution is -0.161. The van der Waals surface area contributed by atoms with Crippen LogP contribution in [0.1, 0.15) is 284 Å². The third-order valence-electron chi connectivity index (χ3n) is 13.1. The van der Waals surface area contributed by atoms with Crippen molar-refractivity contribution in [2.45, 2.75) is 290 Å². The molecule has 0 aliphatic rings. The molecule has 0 bridgehead atoms. The van der Waals surface area contributed by atoms with E-state index in [1.165, 1.54) is 161 Å². The fourth-order valence-corrected chi connectivity index (χ4v) is 8.51.